The number of hydrogen-bond donors (Lipinski definition) is 1. The number of carboxylic acids is 1. The summed E-state index contributed by atoms with van der Waals surface area (Å²) in [6.45, 7) is 2.26. The molecule has 8 nitrogen and oxygen atoms in total. The van der Waals surface area contributed by atoms with Gasteiger partial charge >= 0.3 is 5.97 Å². The highest BCUT2D eigenvalue weighted by atomic mass is 16.6. The first-order chi connectivity index (χ1) is 11.1. The van der Waals surface area contributed by atoms with Gasteiger partial charge in [-0.25, -0.2) is 4.63 Å². The van der Waals surface area contributed by atoms with Gasteiger partial charge in [-0.1, -0.05) is 10.3 Å². The lowest BCUT2D eigenvalue weighted by molar-refractivity contribution is -0.141. The number of rotatable bonds is 4. The average Bonchev–Trinajstić information content (AvgIpc) is 3.15. The minimum absolute atomic E-state index is 0.0603. The summed E-state index contributed by atoms with van der Waals surface area (Å²) in [5.74, 6) is -1.94. The highest BCUT2D eigenvalue weighted by molar-refractivity contribution is 5.81. The Hall–Kier alpha value is -2.77. The van der Waals surface area contributed by atoms with E-state index >= 15 is 0 Å². The minimum Gasteiger partial charge on any atom is -0.481 e. The molecule has 2 aromatic rings. The van der Waals surface area contributed by atoms with Crippen LogP contribution < -0.4 is 0 Å². The summed E-state index contributed by atoms with van der Waals surface area (Å²) in [6, 6.07) is 3.58. The zero-order chi connectivity index (χ0) is 16.4. The van der Waals surface area contributed by atoms with Crippen LogP contribution in [0.4, 0.5) is 0 Å². The number of pyridine rings is 1. The maximum atomic E-state index is 12.4. The molecule has 23 heavy (non-hydrogen) atoms. The van der Waals surface area contributed by atoms with Crippen molar-refractivity contribution in [2.75, 3.05) is 13.1 Å². The maximum Gasteiger partial charge on any atom is 0.308 e. The fourth-order valence-electron chi connectivity index (χ4n) is 2.87. The summed E-state index contributed by atoms with van der Waals surface area (Å²) in [6.07, 6.45) is 3.32. The molecule has 0 saturated carbocycles. The third-order valence-corrected chi connectivity index (χ3v) is 4.19. The van der Waals surface area contributed by atoms with Crippen LogP contribution in [0.25, 0.3) is 0 Å². The lowest BCUT2D eigenvalue weighted by Gasteiger charge is -2.15. The Kier molecular flexibility index (Phi) is 4.05. The quantitative estimate of drug-likeness (QED) is 0.881. The SMILES string of the molecule is Cc1nonc1CC(=O)N1C[C@H](C(=O)O)[C@@H](c2ccncc2)C1. The standard InChI is InChI=1S/C15H16N4O4/c1-9-13(18-23-17-9)6-14(20)19-7-11(12(8-19)15(21)22)10-2-4-16-5-3-10/h2-5,11-12H,6-8H2,1H3,(H,21,22)/t11-,12+/m1/s1. The first-order valence-corrected chi connectivity index (χ1v) is 7.24. The van der Waals surface area contributed by atoms with Gasteiger partial charge in [-0.15, -0.1) is 0 Å². The minimum atomic E-state index is -0.901. The number of aromatic nitrogens is 3. The van der Waals surface area contributed by atoms with Gasteiger partial charge in [0.1, 0.15) is 11.4 Å². The molecular weight excluding hydrogens is 300 g/mol. The van der Waals surface area contributed by atoms with E-state index in [1.807, 2.05) is 0 Å². The number of aryl methyl sites for hydroxylation is 1. The van der Waals surface area contributed by atoms with Gasteiger partial charge in [0.2, 0.25) is 5.91 Å². The monoisotopic (exact) mass is 316 g/mol. The summed E-state index contributed by atoms with van der Waals surface area (Å²) >= 11 is 0. The van der Waals surface area contributed by atoms with Crippen molar-refractivity contribution in [3.8, 4) is 0 Å². The van der Waals surface area contributed by atoms with Gasteiger partial charge in [-0.2, -0.15) is 0 Å². The molecule has 0 spiro atoms. The second-order valence-electron chi connectivity index (χ2n) is 5.60. The number of likely N-dealkylation sites (tertiary alicyclic amines) is 1. The molecule has 0 unspecified atom stereocenters. The van der Waals surface area contributed by atoms with Crippen molar-refractivity contribution < 1.29 is 19.3 Å². The molecule has 1 aliphatic rings. The Bertz CT molecular complexity index is 715. The smallest absolute Gasteiger partial charge is 0.308 e. The number of aliphatic carboxylic acids is 1. The van der Waals surface area contributed by atoms with Crippen LogP contribution in [-0.4, -0.2) is 50.3 Å². The average molecular weight is 316 g/mol. The lowest BCUT2D eigenvalue weighted by atomic mass is 9.90. The Morgan fingerprint density at radius 3 is 2.65 bits per heavy atom. The molecular formula is C15H16N4O4. The van der Waals surface area contributed by atoms with Crippen LogP contribution in [0.15, 0.2) is 29.2 Å². The number of hydrogen-bond acceptors (Lipinski definition) is 6. The van der Waals surface area contributed by atoms with Crippen molar-refractivity contribution in [2.24, 2.45) is 5.92 Å². The molecule has 1 aliphatic heterocycles. The Morgan fingerprint density at radius 2 is 2.04 bits per heavy atom. The van der Waals surface area contributed by atoms with E-state index in [-0.39, 0.29) is 24.8 Å². The zero-order valence-corrected chi connectivity index (χ0v) is 12.5. The normalized spacial score (nSPS) is 20.7. The molecule has 0 aliphatic carbocycles. The van der Waals surface area contributed by atoms with E-state index in [2.05, 4.69) is 19.9 Å². The number of amides is 1. The summed E-state index contributed by atoms with van der Waals surface area (Å²) < 4.78 is 4.59. The number of carboxylic acid groups (broad SMARTS) is 1. The van der Waals surface area contributed by atoms with Crippen molar-refractivity contribution in [2.45, 2.75) is 19.3 Å². The molecule has 8 heteroatoms. The Balaban J connectivity index is 1.76. The summed E-state index contributed by atoms with van der Waals surface area (Å²) in [4.78, 5) is 29.5. The van der Waals surface area contributed by atoms with Crippen molar-refractivity contribution in [1.29, 1.82) is 0 Å². The fraction of sp³-hybridized carbons (Fsp3) is 0.400. The van der Waals surface area contributed by atoms with Crippen LogP contribution in [0.2, 0.25) is 0 Å². The highest BCUT2D eigenvalue weighted by Crippen LogP contribution is 2.33. The van der Waals surface area contributed by atoms with Crippen molar-refractivity contribution in [3.05, 3.63) is 41.5 Å². The summed E-state index contributed by atoms with van der Waals surface area (Å²) in [5.41, 5.74) is 1.93. The van der Waals surface area contributed by atoms with Crippen molar-refractivity contribution in [3.63, 3.8) is 0 Å². The predicted octanol–water partition coefficient (Wildman–Crippen LogP) is 0.642. The van der Waals surface area contributed by atoms with Gasteiger partial charge < -0.3 is 10.0 Å². The van der Waals surface area contributed by atoms with Crippen LogP contribution >= 0.6 is 0 Å². The van der Waals surface area contributed by atoms with E-state index < -0.39 is 11.9 Å². The van der Waals surface area contributed by atoms with Gasteiger partial charge in [-0.05, 0) is 24.6 Å². The lowest BCUT2D eigenvalue weighted by Crippen LogP contribution is -2.31. The molecule has 3 rings (SSSR count). The molecule has 2 aromatic heterocycles. The van der Waals surface area contributed by atoms with Crippen LogP contribution in [0.1, 0.15) is 22.9 Å². The third kappa shape index (κ3) is 3.05. The van der Waals surface area contributed by atoms with E-state index in [0.717, 1.165) is 5.56 Å². The van der Waals surface area contributed by atoms with E-state index in [4.69, 9.17) is 0 Å². The van der Waals surface area contributed by atoms with Gasteiger partial charge in [0, 0.05) is 31.4 Å². The molecule has 1 saturated heterocycles. The van der Waals surface area contributed by atoms with E-state index in [1.54, 1.807) is 36.4 Å². The van der Waals surface area contributed by atoms with E-state index in [9.17, 15) is 14.7 Å². The van der Waals surface area contributed by atoms with Crippen molar-refractivity contribution >= 4 is 11.9 Å². The number of carbonyl (C=O) groups excluding carboxylic acids is 1. The van der Waals surface area contributed by atoms with Gasteiger partial charge in [0.15, 0.2) is 0 Å². The number of nitrogens with zero attached hydrogens (tertiary/aromatic N) is 4. The summed E-state index contributed by atoms with van der Waals surface area (Å²) in [5, 5.41) is 16.8. The van der Waals surface area contributed by atoms with Crippen LogP contribution in [-0.2, 0) is 16.0 Å². The maximum absolute atomic E-state index is 12.4. The largest absolute Gasteiger partial charge is 0.481 e. The first-order valence-electron chi connectivity index (χ1n) is 7.24. The summed E-state index contributed by atoms with van der Waals surface area (Å²) in [7, 11) is 0. The Morgan fingerprint density at radius 1 is 1.30 bits per heavy atom. The molecule has 1 N–H and O–H groups in total. The third-order valence-electron chi connectivity index (χ3n) is 4.19. The van der Waals surface area contributed by atoms with Crippen LogP contribution in [0.3, 0.4) is 0 Å². The Labute approximate surface area is 132 Å². The molecule has 120 valence electrons. The predicted molar refractivity (Wildman–Crippen MR) is 77.4 cm³/mol. The molecule has 0 bridgehead atoms. The highest BCUT2D eigenvalue weighted by Gasteiger charge is 2.40. The first kappa shape index (κ1) is 15.1. The second-order valence-corrected chi connectivity index (χ2v) is 5.60. The van der Waals surface area contributed by atoms with Crippen molar-refractivity contribution in [1.82, 2.24) is 20.2 Å². The molecule has 0 radical (unpaired) electrons. The van der Waals surface area contributed by atoms with Gasteiger partial charge in [0.25, 0.3) is 0 Å². The molecule has 2 atom stereocenters. The molecule has 3 heterocycles. The van der Waals surface area contributed by atoms with E-state index in [0.29, 0.717) is 17.9 Å². The molecule has 1 fully saturated rings. The van der Waals surface area contributed by atoms with Crippen LogP contribution in [0.5, 0.6) is 0 Å². The zero-order valence-electron chi connectivity index (χ0n) is 12.5. The van der Waals surface area contributed by atoms with Gasteiger partial charge in [-0.3, -0.25) is 14.6 Å². The second kappa shape index (κ2) is 6.15. The molecule has 0 aromatic carbocycles. The molecule has 1 amide bonds. The van der Waals surface area contributed by atoms with Crippen LogP contribution in [0, 0.1) is 12.8 Å². The number of carbonyl (C=O) groups is 2. The fourth-order valence-corrected chi connectivity index (χ4v) is 2.87. The van der Waals surface area contributed by atoms with Gasteiger partial charge in [0.05, 0.1) is 12.3 Å². The topological polar surface area (TPSA) is 109 Å². The van der Waals surface area contributed by atoms with E-state index in [1.165, 1.54) is 0 Å².